The van der Waals surface area contributed by atoms with Gasteiger partial charge in [0.1, 0.15) is 5.82 Å². The number of carbonyl (C=O) groups excluding carboxylic acids is 1. The summed E-state index contributed by atoms with van der Waals surface area (Å²) in [5.41, 5.74) is 0.825. The zero-order valence-electron chi connectivity index (χ0n) is 10.4. The molecule has 0 aliphatic heterocycles. The molecule has 2 fully saturated rings. The lowest BCUT2D eigenvalue weighted by Gasteiger charge is -2.20. The van der Waals surface area contributed by atoms with E-state index in [2.05, 4.69) is 5.32 Å². The van der Waals surface area contributed by atoms with Gasteiger partial charge in [-0.15, -0.1) is 0 Å². The van der Waals surface area contributed by atoms with Gasteiger partial charge < -0.3 is 5.32 Å². The maximum atomic E-state index is 13.0. The minimum atomic E-state index is -0.248. The van der Waals surface area contributed by atoms with Crippen molar-refractivity contribution >= 4 is 5.91 Å². The molecule has 0 aromatic heterocycles. The first-order valence-electron chi connectivity index (χ1n) is 6.74. The van der Waals surface area contributed by atoms with Crippen molar-refractivity contribution in [1.82, 2.24) is 5.32 Å². The summed E-state index contributed by atoms with van der Waals surface area (Å²) in [5, 5.41) is 2.95. The highest BCUT2D eigenvalue weighted by Crippen LogP contribution is 2.48. The monoisotopic (exact) mass is 247 g/mol. The molecule has 1 aromatic rings. The van der Waals surface area contributed by atoms with Gasteiger partial charge in [-0.1, -0.05) is 18.6 Å². The molecule has 18 heavy (non-hydrogen) atoms. The van der Waals surface area contributed by atoms with Gasteiger partial charge in [0.25, 0.3) is 0 Å². The minimum Gasteiger partial charge on any atom is -0.352 e. The Morgan fingerprint density at radius 2 is 2.22 bits per heavy atom. The molecule has 0 spiro atoms. The minimum absolute atomic E-state index is 0.159. The number of nitrogens with one attached hydrogen (secondary N) is 1. The van der Waals surface area contributed by atoms with E-state index in [4.69, 9.17) is 0 Å². The lowest BCUT2D eigenvalue weighted by molar-refractivity contribution is -0.126. The number of amides is 1. The molecule has 2 aliphatic rings. The number of hydrogen-bond acceptors (Lipinski definition) is 1. The van der Waals surface area contributed by atoms with Crippen molar-refractivity contribution in [3.05, 3.63) is 35.6 Å². The molecule has 3 atom stereocenters. The molecule has 96 valence electrons. The molecule has 0 radical (unpaired) electrons. The van der Waals surface area contributed by atoms with Gasteiger partial charge in [0, 0.05) is 12.5 Å². The molecular formula is C15H18FNO. The molecule has 2 nitrogen and oxygen atoms in total. The third kappa shape index (κ3) is 2.26. The Kier molecular flexibility index (Phi) is 3.06. The number of rotatable bonds is 3. The number of carbonyl (C=O) groups is 1. The van der Waals surface area contributed by atoms with Crippen LogP contribution < -0.4 is 5.32 Å². The van der Waals surface area contributed by atoms with Crippen molar-refractivity contribution in [3.8, 4) is 0 Å². The maximum absolute atomic E-state index is 13.0. The lowest BCUT2D eigenvalue weighted by atomic mass is 9.88. The van der Waals surface area contributed by atoms with Crippen molar-refractivity contribution in [1.29, 1.82) is 0 Å². The van der Waals surface area contributed by atoms with Crippen molar-refractivity contribution < 1.29 is 9.18 Å². The Hall–Kier alpha value is -1.38. The van der Waals surface area contributed by atoms with Crippen LogP contribution in [0.3, 0.4) is 0 Å². The number of benzene rings is 1. The quantitative estimate of drug-likeness (QED) is 0.874. The zero-order valence-corrected chi connectivity index (χ0v) is 10.4. The summed E-state index contributed by atoms with van der Waals surface area (Å²) in [5.74, 6) is 1.49. The Labute approximate surface area is 107 Å². The summed E-state index contributed by atoms with van der Waals surface area (Å²) in [7, 11) is 0. The first-order chi connectivity index (χ1) is 8.72. The van der Waals surface area contributed by atoms with E-state index in [-0.39, 0.29) is 17.6 Å². The highest BCUT2D eigenvalue weighted by atomic mass is 19.1. The van der Waals surface area contributed by atoms with Crippen molar-refractivity contribution in [2.24, 2.45) is 17.8 Å². The molecule has 0 saturated heterocycles. The topological polar surface area (TPSA) is 29.1 Å². The van der Waals surface area contributed by atoms with E-state index in [0.717, 1.165) is 17.9 Å². The van der Waals surface area contributed by atoms with Crippen LogP contribution in [-0.2, 0) is 11.3 Å². The SMILES string of the molecule is O=C(NCc1cccc(F)c1)C1CC2CCC1C2. The molecule has 1 N–H and O–H groups in total. The van der Waals surface area contributed by atoms with E-state index in [1.165, 1.54) is 31.4 Å². The Morgan fingerprint density at radius 1 is 1.33 bits per heavy atom. The standard InChI is InChI=1S/C15H18FNO/c16-13-3-1-2-11(7-13)9-17-15(18)14-8-10-4-5-12(14)6-10/h1-3,7,10,12,14H,4-6,8-9H2,(H,17,18). The second-order valence-electron chi connectivity index (χ2n) is 5.63. The van der Waals surface area contributed by atoms with Crippen LogP contribution in [0.4, 0.5) is 4.39 Å². The van der Waals surface area contributed by atoms with E-state index >= 15 is 0 Å². The predicted octanol–water partition coefficient (Wildman–Crippen LogP) is 2.88. The van der Waals surface area contributed by atoms with Crippen LogP contribution in [0.5, 0.6) is 0 Å². The number of halogens is 1. The van der Waals surface area contributed by atoms with Crippen LogP contribution in [0, 0.1) is 23.6 Å². The third-order valence-corrected chi connectivity index (χ3v) is 4.43. The summed E-state index contributed by atoms with van der Waals surface area (Å²) in [4.78, 5) is 12.1. The average molecular weight is 247 g/mol. The molecule has 3 unspecified atom stereocenters. The fourth-order valence-electron chi connectivity index (χ4n) is 3.53. The summed E-state index contributed by atoms with van der Waals surface area (Å²) < 4.78 is 13.0. The normalized spacial score (nSPS) is 29.5. The van der Waals surface area contributed by atoms with E-state index in [0.29, 0.717) is 12.5 Å². The Morgan fingerprint density at radius 3 is 2.89 bits per heavy atom. The largest absolute Gasteiger partial charge is 0.352 e. The zero-order chi connectivity index (χ0) is 12.5. The molecule has 3 rings (SSSR count). The molecule has 1 aromatic carbocycles. The molecule has 3 heteroatoms. The van der Waals surface area contributed by atoms with Crippen LogP contribution in [0.15, 0.2) is 24.3 Å². The van der Waals surface area contributed by atoms with Gasteiger partial charge in [0.2, 0.25) is 5.91 Å². The third-order valence-electron chi connectivity index (χ3n) is 4.43. The molecule has 0 heterocycles. The molecule has 2 bridgehead atoms. The predicted molar refractivity (Wildman–Crippen MR) is 67.2 cm³/mol. The van der Waals surface area contributed by atoms with Gasteiger partial charge >= 0.3 is 0 Å². The Balaban J connectivity index is 1.56. The molecule has 2 aliphatic carbocycles. The van der Waals surface area contributed by atoms with Gasteiger partial charge in [0.15, 0.2) is 0 Å². The smallest absolute Gasteiger partial charge is 0.223 e. The summed E-state index contributed by atoms with van der Waals surface area (Å²) >= 11 is 0. The average Bonchev–Trinajstić information content (AvgIpc) is 2.98. The van der Waals surface area contributed by atoms with Gasteiger partial charge in [-0.2, -0.15) is 0 Å². The van der Waals surface area contributed by atoms with Crippen LogP contribution in [0.25, 0.3) is 0 Å². The molecule has 2 saturated carbocycles. The van der Waals surface area contributed by atoms with E-state index in [9.17, 15) is 9.18 Å². The van der Waals surface area contributed by atoms with Crippen LogP contribution in [-0.4, -0.2) is 5.91 Å². The van der Waals surface area contributed by atoms with Crippen LogP contribution in [0.2, 0.25) is 0 Å². The van der Waals surface area contributed by atoms with Crippen LogP contribution in [0.1, 0.15) is 31.2 Å². The first-order valence-corrected chi connectivity index (χ1v) is 6.74. The van der Waals surface area contributed by atoms with Crippen molar-refractivity contribution in [2.45, 2.75) is 32.2 Å². The van der Waals surface area contributed by atoms with Crippen LogP contribution >= 0.6 is 0 Å². The second kappa shape index (κ2) is 4.71. The lowest BCUT2D eigenvalue weighted by Crippen LogP contribution is -2.33. The number of hydrogen-bond donors (Lipinski definition) is 1. The highest BCUT2D eigenvalue weighted by Gasteiger charge is 2.42. The summed E-state index contributed by atoms with van der Waals surface area (Å²) in [6.07, 6.45) is 4.80. The van der Waals surface area contributed by atoms with E-state index < -0.39 is 0 Å². The number of fused-ring (bicyclic) bond motifs is 2. The second-order valence-corrected chi connectivity index (χ2v) is 5.63. The van der Waals surface area contributed by atoms with Gasteiger partial charge in [-0.25, -0.2) is 4.39 Å². The van der Waals surface area contributed by atoms with Crippen molar-refractivity contribution in [2.75, 3.05) is 0 Å². The fourth-order valence-corrected chi connectivity index (χ4v) is 3.53. The molecular weight excluding hydrogens is 229 g/mol. The summed E-state index contributed by atoms with van der Waals surface area (Å²) in [6.45, 7) is 0.435. The van der Waals surface area contributed by atoms with Crippen molar-refractivity contribution in [3.63, 3.8) is 0 Å². The van der Waals surface area contributed by atoms with Gasteiger partial charge in [-0.05, 0) is 48.8 Å². The maximum Gasteiger partial charge on any atom is 0.223 e. The van der Waals surface area contributed by atoms with E-state index in [1.807, 2.05) is 6.07 Å². The van der Waals surface area contributed by atoms with Gasteiger partial charge in [-0.3, -0.25) is 4.79 Å². The Bertz CT molecular complexity index is 460. The summed E-state index contributed by atoms with van der Waals surface area (Å²) in [6, 6.07) is 6.40. The first kappa shape index (κ1) is 11.7. The fraction of sp³-hybridized carbons (Fsp3) is 0.533. The molecule has 1 amide bonds. The highest BCUT2D eigenvalue weighted by molar-refractivity contribution is 5.79. The van der Waals surface area contributed by atoms with Gasteiger partial charge in [0.05, 0.1) is 0 Å². The van der Waals surface area contributed by atoms with E-state index in [1.54, 1.807) is 6.07 Å².